The summed E-state index contributed by atoms with van der Waals surface area (Å²) in [4.78, 5) is 12.2. The van der Waals surface area contributed by atoms with Crippen LogP contribution in [0.2, 0.25) is 0 Å². The molecule has 0 aromatic heterocycles. The van der Waals surface area contributed by atoms with E-state index in [1.807, 2.05) is 48.5 Å². The summed E-state index contributed by atoms with van der Waals surface area (Å²) < 4.78 is 16.4. The molecule has 1 atom stereocenters. The first-order valence-electron chi connectivity index (χ1n) is 8.30. The smallest absolute Gasteiger partial charge is 0.408 e. The van der Waals surface area contributed by atoms with Crippen molar-refractivity contribution in [2.75, 3.05) is 14.2 Å². The summed E-state index contributed by atoms with van der Waals surface area (Å²) in [6.45, 7) is 4.14. The Morgan fingerprint density at radius 1 is 0.920 bits per heavy atom. The maximum Gasteiger partial charge on any atom is 0.408 e. The Balaban J connectivity index is 2.17. The van der Waals surface area contributed by atoms with E-state index in [4.69, 9.17) is 14.2 Å². The molecule has 5 nitrogen and oxygen atoms in total. The number of benzene rings is 2. The maximum atomic E-state index is 12.2. The van der Waals surface area contributed by atoms with Crippen molar-refractivity contribution in [3.05, 3.63) is 59.7 Å². The van der Waals surface area contributed by atoms with Gasteiger partial charge in [0.25, 0.3) is 0 Å². The quantitative estimate of drug-likeness (QED) is 0.901. The number of amides is 1. The molecule has 1 heterocycles. The van der Waals surface area contributed by atoms with Crippen molar-refractivity contribution in [2.45, 2.75) is 25.5 Å². The first-order valence-corrected chi connectivity index (χ1v) is 8.30. The summed E-state index contributed by atoms with van der Waals surface area (Å²) in [7, 11) is 3.25. The van der Waals surface area contributed by atoms with Crippen molar-refractivity contribution in [2.24, 2.45) is 5.92 Å². The van der Waals surface area contributed by atoms with Crippen molar-refractivity contribution in [3.8, 4) is 11.5 Å². The van der Waals surface area contributed by atoms with Gasteiger partial charge in [0.05, 0.1) is 20.3 Å². The number of cyclic esters (lactones) is 1. The molecule has 1 N–H and O–H groups in total. The first kappa shape index (κ1) is 17.1. The molecule has 0 unspecified atom stereocenters. The van der Waals surface area contributed by atoms with Crippen LogP contribution in [0.25, 0.3) is 0 Å². The van der Waals surface area contributed by atoms with E-state index in [0.717, 1.165) is 22.6 Å². The largest absolute Gasteiger partial charge is 0.497 e. The van der Waals surface area contributed by atoms with Gasteiger partial charge in [-0.25, -0.2) is 4.79 Å². The maximum absolute atomic E-state index is 12.2. The van der Waals surface area contributed by atoms with E-state index < -0.39 is 11.7 Å². The molecule has 1 aliphatic heterocycles. The fourth-order valence-corrected chi connectivity index (χ4v) is 3.42. The Labute approximate surface area is 147 Å². The van der Waals surface area contributed by atoms with Crippen LogP contribution in [0, 0.1) is 5.92 Å². The highest BCUT2D eigenvalue weighted by atomic mass is 16.6. The Hall–Kier alpha value is -2.69. The van der Waals surface area contributed by atoms with Crippen molar-refractivity contribution < 1.29 is 19.0 Å². The Morgan fingerprint density at radius 3 is 1.72 bits per heavy atom. The van der Waals surface area contributed by atoms with Crippen molar-refractivity contribution in [1.29, 1.82) is 0 Å². The number of ether oxygens (including phenoxy) is 3. The highest BCUT2D eigenvalue weighted by molar-refractivity contribution is 5.73. The minimum atomic E-state index is -0.899. The number of nitrogens with one attached hydrogen (secondary N) is 1. The van der Waals surface area contributed by atoms with Crippen LogP contribution in [-0.2, 0) is 10.3 Å². The number of methoxy groups -OCH3 is 2. The molecule has 1 amide bonds. The molecule has 1 saturated heterocycles. The third-order valence-electron chi connectivity index (χ3n) is 4.67. The number of alkyl carbamates (subject to hydrolysis) is 1. The monoisotopic (exact) mass is 341 g/mol. The molecule has 25 heavy (non-hydrogen) atoms. The van der Waals surface area contributed by atoms with Gasteiger partial charge in [0, 0.05) is 11.1 Å². The second-order valence-corrected chi connectivity index (χ2v) is 6.45. The average Bonchev–Trinajstić information content (AvgIpc) is 3.00. The zero-order valence-corrected chi connectivity index (χ0v) is 14.9. The molecule has 0 bridgehead atoms. The third kappa shape index (κ3) is 2.90. The highest BCUT2D eigenvalue weighted by Gasteiger charge is 2.53. The van der Waals surface area contributed by atoms with Gasteiger partial charge in [0.1, 0.15) is 11.5 Å². The third-order valence-corrected chi connectivity index (χ3v) is 4.67. The lowest BCUT2D eigenvalue weighted by atomic mass is 9.76. The zero-order valence-electron chi connectivity index (χ0n) is 14.9. The van der Waals surface area contributed by atoms with Gasteiger partial charge < -0.3 is 19.5 Å². The molecule has 2 aromatic rings. The summed E-state index contributed by atoms with van der Waals surface area (Å²) in [5.74, 6) is 1.69. The second-order valence-electron chi connectivity index (χ2n) is 6.45. The van der Waals surface area contributed by atoms with Crippen LogP contribution in [-0.4, -0.2) is 26.4 Å². The lowest BCUT2D eigenvalue weighted by molar-refractivity contribution is 0.0583. The lowest BCUT2D eigenvalue weighted by Gasteiger charge is -2.35. The van der Waals surface area contributed by atoms with Crippen LogP contribution in [0.3, 0.4) is 0 Å². The molecule has 2 aromatic carbocycles. The van der Waals surface area contributed by atoms with Gasteiger partial charge in [-0.15, -0.1) is 0 Å². The Bertz CT molecular complexity index is 690. The zero-order chi connectivity index (χ0) is 18.0. The molecule has 0 spiro atoms. The minimum Gasteiger partial charge on any atom is -0.497 e. The number of rotatable bonds is 5. The number of carbonyl (C=O) groups is 1. The van der Waals surface area contributed by atoms with Gasteiger partial charge in [-0.1, -0.05) is 38.1 Å². The van der Waals surface area contributed by atoms with Gasteiger partial charge in [0.2, 0.25) is 0 Å². The van der Waals surface area contributed by atoms with E-state index in [-0.39, 0.29) is 12.0 Å². The molecule has 0 saturated carbocycles. The van der Waals surface area contributed by atoms with Crippen molar-refractivity contribution in [3.63, 3.8) is 0 Å². The summed E-state index contributed by atoms with van der Waals surface area (Å²) in [5, 5.41) is 2.97. The van der Waals surface area contributed by atoms with Crippen molar-refractivity contribution in [1.82, 2.24) is 5.32 Å². The lowest BCUT2D eigenvalue weighted by Crippen LogP contribution is -2.45. The molecule has 132 valence electrons. The van der Waals surface area contributed by atoms with Crippen molar-refractivity contribution >= 4 is 6.09 Å². The van der Waals surface area contributed by atoms with Crippen LogP contribution in [0.1, 0.15) is 25.0 Å². The van der Waals surface area contributed by atoms with E-state index in [1.165, 1.54) is 0 Å². The van der Waals surface area contributed by atoms with Gasteiger partial charge in [-0.05, 0) is 30.2 Å². The topological polar surface area (TPSA) is 56.8 Å². The van der Waals surface area contributed by atoms with Crippen LogP contribution in [0.15, 0.2) is 48.5 Å². The summed E-state index contributed by atoms with van der Waals surface area (Å²) in [6.07, 6.45) is -0.412. The first-order chi connectivity index (χ1) is 12.0. The minimum absolute atomic E-state index is 0.177. The van der Waals surface area contributed by atoms with E-state index >= 15 is 0 Å². The van der Waals surface area contributed by atoms with E-state index in [0.29, 0.717) is 0 Å². The summed E-state index contributed by atoms with van der Waals surface area (Å²) in [6, 6.07) is 15.1. The molecule has 1 fully saturated rings. The Kier molecular flexibility index (Phi) is 4.57. The average molecular weight is 341 g/mol. The number of hydrogen-bond donors (Lipinski definition) is 1. The predicted octanol–water partition coefficient (Wildman–Crippen LogP) is 3.71. The normalized spacial score (nSPS) is 18.6. The standard InChI is InChI=1S/C20H23NO4/c1-13(2)18-20(25-19(22)21-18,14-5-9-16(23-3)10-6-14)15-7-11-17(24-4)12-8-15/h5-13,18H,1-4H3,(H,21,22)/t18-/m0/s1. The van der Waals surface area contributed by atoms with E-state index in [2.05, 4.69) is 19.2 Å². The van der Waals surface area contributed by atoms with Crippen LogP contribution in [0.5, 0.6) is 11.5 Å². The molecule has 0 aliphatic carbocycles. The molecule has 1 aliphatic rings. The predicted molar refractivity (Wildman–Crippen MR) is 95.0 cm³/mol. The highest BCUT2D eigenvalue weighted by Crippen LogP contribution is 2.44. The van der Waals surface area contributed by atoms with Gasteiger partial charge in [0.15, 0.2) is 5.60 Å². The second kappa shape index (κ2) is 6.67. The van der Waals surface area contributed by atoms with Crippen LogP contribution >= 0.6 is 0 Å². The molecule has 0 radical (unpaired) electrons. The number of hydrogen-bond acceptors (Lipinski definition) is 4. The molecule has 3 rings (SSSR count). The van der Waals surface area contributed by atoms with E-state index in [9.17, 15) is 4.79 Å². The fourth-order valence-electron chi connectivity index (χ4n) is 3.42. The molecular weight excluding hydrogens is 318 g/mol. The number of carbonyl (C=O) groups excluding carboxylic acids is 1. The summed E-state index contributed by atoms with van der Waals surface area (Å²) in [5.41, 5.74) is 0.898. The molecular formula is C20H23NO4. The van der Waals surface area contributed by atoms with Crippen LogP contribution in [0.4, 0.5) is 4.79 Å². The summed E-state index contributed by atoms with van der Waals surface area (Å²) >= 11 is 0. The van der Waals surface area contributed by atoms with Gasteiger partial charge in [-0.2, -0.15) is 0 Å². The fraction of sp³-hybridized carbons (Fsp3) is 0.350. The van der Waals surface area contributed by atoms with Crippen LogP contribution < -0.4 is 14.8 Å². The van der Waals surface area contributed by atoms with E-state index in [1.54, 1.807) is 14.2 Å². The Morgan fingerprint density at radius 2 is 1.36 bits per heavy atom. The SMILES string of the molecule is COc1ccc(C2(c3ccc(OC)cc3)OC(=O)N[C@H]2C(C)C)cc1. The molecule has 5 heteroatoms. The van der Waals surface area contributed by atoms with Gasteiger partial charge in [-0.3, -0.25) is 0 Å². The van der Waals surface area contributed by atoms with Gasteiger partial charge >= 0.3 is 6.09 Å².